The van der Waals surface area contributed by atoms with E-state index in [1.54, 1.807) is 30.0 Å². The molecule has 8 nitrogen and oxygen atoms in total. The summed E-state index contributed by atoms with van der Waals surface area (Å²) in [4.78, 5) is 27.4. The van der Waals surface area contributed by atoms with Crippen molar-refractivity contribution in [3.05, 3.63) is 53.2 Å². The molecule has 30 heavy (non-hydrogen) atoms. The van der Waals surface area contributed by atoms with Gasteiger partial charge in [0.15, 0.2) is 0 Å². The number of hydrogen-bond acceptors (Lipinski definition) is 7. The minimum absolute atomic E-state index is 0.0491. The predicted octanol–water partition coefficient (Wildman–Crippen LogP) is 3.03. The van der Waals surface area contributed by atoms with Crippen molar-refractivity contribution in [1.82, 2.24) is 19.9 Å². The largest absolute Gasteiger partial charge is 0.382 e. The molecule has 0 saturated carbocycles. The van der Waals surface area contributed by atoms with E-state index >= 15 is 0 Å². The Bertz CT molecular complexity index is 1170. The summed E-state index contributed by atoms with van der Waals surface area (Å²) in [7, 11) is 0. The van der Waals surface area contributed by atoms with E-state index in [1.165, 1.54) is 12.4 Å². The minimum atomic E-state index is -0.544. The number of benzene rings is 1. The predicted molar refractivity (Wildman–Crippen MR) is 110 cm³/mol. The Hall–Kier alpha value is -3.80. The van der Waals surface area contributed by atoms with E-state index in [0.717, 1.165) is 12.8 Å². The van der Waals surface area contributed by atoms with Gasteiger partial charge in [-0.15, -0.1) is 0 Å². The second kappa shape index (κ2) is 7.91. The van der Waals surface area contributed by atoms with Gasteiger partial charge >= 0.3 is 0 Å². The van der Waals surface area contributed by atoms with Crippen LogP contribution in [0.2, 0.25) is 0 Å². The SMILES string of the molecule is CC(Nc1ncnc(N)c1C#N)c1nc2c(F)cccc2cc1C(=O)N1CCCC1. The van der Waals surface area contributed by atoms with Crippen LogP contribution >= 0.6 is 0 Å². The maximum absolute atomic E-state index is 14.4. The molecule has 1 fully saturated rings. The van der Waals surface area contributed by atoms with Gasteiger partial charge in [-0.3, -0.25) is 4.79 Å². The van der Waals surface area contributed by atoms with Crippen molar-refractivity contribution in [1.29, 1.82) is 5.26 Å². The third kappa shape index (κ3) is 3.48. The lowest BCUT2D eigenvalue weighted by atomic mass is 10.0. The number of carbonyl (C=O) groups excluding carboxylic acids is 1. The van der Waals surface area contributed by atoms with Crippen molar-refractivity contribution in [3.63, 3.8) is 0 Å². The van der Waals surface area contributed by atoms with Gasteiger partial charge in [-0.1, -0.05) is 12.1 Å². The van der Waals surface area contributed by atoms with Gasteiger partial charge in [0.25, 0.3) is 5.91 Å². The van der Waals surface area contributed by atoms with E-state index in [9.17, 15) is 14.4 Å². The number of para-hydroxylation sites is 1. The van der Waals surface area contributed by atoms with Crippen molar-refractivity contribution < 1.29 is 9.18 Å². The van der Waals surface area contributed by atoms with Gasteiger partial charge in [0.1, 0.15) is 40.9 Å². The lowest BCUT2D eigenvalue weighted by Gasteiger charge is -2.22. The molecule has 9 heteroatoms. The molecule has 1 aliphatic rings. The van der Waals surface area contributed by atoms with Crippen LogP contribution in [-0.2, 0) is 0 Å². The molecule has 0 radical (unpaired) electrons. The first-order valence-corrected chi connectivity index (χ1v) is 9.65. The zero-order valence-corrected chi connectivity index (χ0v) is 16.4. The molecule has 1 saturated heterocycles. The number of nitrogens with two attached hydrogens (primary N) is 1. The summed E-state index contributed by atoms with van der Waals surface area (Å²) >= 11 is 0. The number of carbonyl (C=O) groups is 1. The lowest BCUT2D eigenvalue weighted by molar-refractivity contribution is 0.0791. The van der Waals surface area contributed by atoms with Crippen molar-refractivity contribution in [2.75, 3.05) is 24.1 Å². The molecule has 3 N–H and O–H groups in total. The molecule has 0 bridgehead atoms. The Kier molecular flexibility index (Phi) is 5.14. The number of pyridine rings is 1. The third-order valence-corrected chi connectivity index (χ3v) is 5.20. The van der Waals surface area contributed by atoms with Crippen molar-refractivity contribution >= 4 is 28.4 Å². The summed E-state index contributed by atoms with van der Waals surface area (Å²) < 4.78 is 14.4. The molecular weight excluding hydrogens is 385 g/mol. The second-order valence-corrected chi connectivity index (χ2v) is 7.19. The van der Waals surface area contributed by atoms with Crippen LogP contribution in [0.25, 0.3) is 10.9 Å². The molecule has 0 aliphatic carbocycles. The summed E-state index contributed by atoms with van der Waals surface area (Å²) in [6.45, 7) is 3.14. The lowest BCUT2D eigenvalue weighted by Crippen LogP contribution is -2.30. The number of likely N-dealkylation sites (tertiary alicyclic amines) is 1. The van der Waals surface area contributed by atoms with Crippen LogP contribution in [0.5, 0.6) is 0 Å². The average Bonchev–Trinajstić information content (AvgIpc) is 3.28. The summed E-state index contributed by atoms with van der Waals surface area (Å²) in [5.41, 5.74) is 6.82. The number of rotatable bonds is 4. The number of hydrogen-bond donors (Lipinski definition) is 2. The normalized spacial score (nSPS) is 14.5. The first-order chi connectivity index (χ1) is 14.5. The van der Waals surface area contributed by atoms with Crippen LogP contribution in [0, 0.1) is 17.1 Å². The van der Waals surface area contributed by atoms with Crippen LogP contribution in [0.4, 0.5) is 16.0 Å². The molecule has 3 heterocycles. The first-order valence-electron chi connectivity index (χ1n) is 9.65. The number of aromatic nitrogens is 3. The van der Waals surface area contributed by atoms with Gasteiger partial charge in [0.05, 0.1) is 17.3 Å². The minimum Gasteiger partial charge on any atom is -0.382 e. The number of nitrogen functional groups attached to an aromatic ring is 1. The average molecular weight is 405 g/mol. The van der Waals surface area contributed by atoms with Crippen LogP contribution < -0.4 is 11.1 Å². The van der Waals surface area contributed by atoms with Crippen molar-refractivity contribution in [2.24, 2.45) is 0 Å². The number of amides is 1. The number of nitrogens with one attached hydrogen (secondary N) is 1. The number of anilines is 2. The Labute approximate surface area is 172 Å². The van der Waals surface area contributed by atoms with Gasteiger partial charge in [-0.05, 0) is 31.9 Å². The Morgan fingerprint density at radius 1 is 1.33 bits per heavy atom. The summed E-state index contributed by atoms with van der Waals surface area (Å²) in [6, 6.07) is 7.76. The van der Waals surface area contributed by atoms with E-state index in [4.69, 9.17) is 5.73 Å². The number of halogens is 1. The van der Waals surface area contributed by atoms with Gasteiger partial charge < -0.3 is 16.0 Å². The molecule has 1 aromatic carbocycles. The molecule has 0 spiro atoms. The fourth-order valence-electron chi connectivity index (χ4n) is 3.66. The van der Waals surface area contributed by atoms with Crippen molar-refractivity contribution in [3.8, 4) is 6.07 Å². The van der Waals surface area contributed by atoms with E-state index in [0.29, 0.717) is 29.7 Å². The first kappa shape index (κ1) is 19.5. The highest BCUT2D eigenvalue weighted by Gasteiger charge is 2.26. The topological polar surface area (TPSA) is 121 Å². The highest BCUT2D eigenvalue weighted by Crippen LogP contribution is 2.28. The molecule has 152 valence electrons. The van der Waals surface area contributed by atoms with E-state index in [2.05, 4.69) is 20.3 Å². The Morgan fingerprint density at radius 2 is 2.10 bits per heavy atom. The Balaban J connectivity index is 1.80. The summed E-state index contributed by atoms with van der Waals surface area (Å²) in [5.74, 6) is -0.330. The fraction of sp³-hybridized carbons (Fsp3) is 0.286. The monoisotopic (exact) mass is 405 g/mol. The van der Waals surface area contributed by atoms with Gasteiger partial charge in [0, 0.05) is 18.5 Å². The molecule has 1 aliphatic heterocycles. The quantitative estimate of drug-likeness (QED) is 0.684. The maximum Gasteiger partial charge on any atom is 0.255 e. The highest BCUT2D eigenvalue weighted by molar-refractivity contribution is 5.99. The number of nitrogens with zero attached hydrogens (tertiary/aromatic N) is 5. The maximum atomic E-state index is 14.4. The van der Waals surface area contributed by atoms with E-state index in [1.807, 2.05) is 6.07 Å². The van der Waals surface area contributed by atoms with Gasteiger partial charge in [0.2, 0.25) is 0 Å². The molecule has 1 amide bonds. The molecule has 1 atom stereocenters. The molecule has 4 rings (SSSR count). The molecule has 2 aromatic heterocycles. The summed E-state index contributed by atoms with van der Waals surface area (Å²) in [6.07, 6.45) is 3.15. The molecule has 1 unspecified atom stereocenters. The van der Waals surface area contributed by atoms with Gasteiger partial charge in [-0.2, -0.15) is 5.26 Å². The number of nitriles is 1. The second-order valence-electron chi connectivity index (χ2n) is 7.19. The number of fused-ring (bicyclic) bond motifs is 1. The smallest absolute Gasteiger partial charge is 0.255 e. The fourth-order valence-corrected chi connectivity index (χ4v) is 3.66. The van der Waals surface area contributed by atoms with Crippen LogP contribution in [0.3, 0.4) is 0 Å². The zero-order chi connectivity index (χ0) is 21.3. The Morgan fingerprint density at radius 3 is 2.83 bits per heavy atom. The van der Waals surface area contributed by atoms with Crippen LogP contribution in [0.1, 0.15) is 47.4 Å². The van der Waals surface area contributed by atoms with E-state index < -0.39 is 11.9 Å². The van der Waals surface area contributed by atoms with E-state index in [-0.39, 0.29) is 28.6 Å². The standard InChI is InChI=1S/C21H20FN7O/c1-12(27-20-15(10-23)19(24)25-11-26-20)17-14(21(30)29-7-2-3-8-29)9-13-5-4-6-16(22)18(13)28-17/h4-6,9,11-12H,2-3,7-8H2,1H3,(H3,24,25,26,27). The third-order valence-electron chi connectivity index (χ3n) is 5.20. The van der Waals surface area contributed by atoms with Crippen LogP contribution in [0.15, 0.2) is 30.6 Å². The summed E-state index contributed by atoms with van der Waals surface area (Å²) in [5, 5.41) is 13.0. The van der Waals surface area contributed by atoms with Gasteiger partial charge in [-0.25, -0.2) is 19.3 Å². The van der Waals surface area contributed by atoms with Crippen LogP contribution in [-0.4, -0.2) is 38.8 Å². The molecule has 3 aromatic rings. The van der Waals surface area contributed by atoms with Crippen molar-refractivity contribution in [2.45, 2.75) is 25.8 Å². The highest BCUT2D eigenvalue weighted by atomic mass is 19.1. The zero-order valence-electron chi connectivity index (χ0n) is 16.4. The molecular formula is C21H20FN7O.